The molecule has 1 atom stereocenters. The van der Waals surface area contributed by atoms with Gasteiger partial charge in [-0.1, -0.05) is 6.07 Å². The SMILES string of the molecule is O=C(C1=C(O)C(=O)N(CCN2CCCC2)C1c1cccnc1)C1CC1. The van der Waals surface area contributed by atoms with E-state index < -0.39 is 11.9 Å². The minimum atomic E-state index is -0.517. The van der Waals surface area contributed by atoms with Crippen LogP contribution in [0.1, 0.15) is 37.3 Å². The van der Waals surface area contributed by atoms with E-state index in [1.807, 2.05) is 6.07 Å². The molecule has 1 aromatic rings. The lowest BCUT2D eigenvalue weighted by atomic mass is 9.95. The van der Waals surface area contributed by atoms with Crippen LogP contribution in [-0.2, 0) is 9.59 Å². The molecule has 2 fully saturated rings. The molecule has 0 bridgehead atoms. The van der Waals surface area contributed by atoms with Crippen LogP contribution >= 0.6 is 0 Å². The summed E-state index contributed by atoms with van der Waals surface area (Å²) < 4.78 is 0. The predicted octanol–water partition coefficient (Wildman–Crippen LogP) is 1.85. The summed E-state index contributed by atoms with van der Waals surface area (Å²) in [5.41, 5.74) is 1.05. The summed E-state index contributed by atoms with van der Waals surface area (Å²) in [5, 5.41) is 10.4. The maximum absolute atomic E-state index is 12.7. The number of likely N-dealkylation sites (tertiary alicyclic amines) is 1. The maximum atomic E-state index is 12.7. The molecule has 2 aliphatic heterocycles. The molecule has 0 aromatic carbocycles. The average molecular weight is 341 g/mol. The highest BCUT2D eigenvalue weighted by Gasteiger charge is 2.47. The first-order valence-corrected chi connectivity index (χ1v) is 9.07. The molecule has 6 heteroatoms. The summed E-state index contributed by atoms with van der Waals surface area (Å²) in [6.07, 6.45) is 7.42. The Morgan fingerprint density at radius 3 is 2.64 bits per heavy atom. The quantitative estimate of drug-likeness (QED) is 0.855. The number of amides is 1. The molecule has 1 amide bonds. The van der Waals surface area contributed by atoms with Gasteiger partial charge >= 0.3 is 0 Å². The molecule has 1 aliphatic carbocycles. The molecular formula is C19H23N3O3. The highest BCUT2D eigenvalue weighted by Crippen LogP contribution is 2.42. The molecule has 1 saturated carbocycles. The number of rotatable bonds is 6. The maximum Gasteiger partial charge on any atom is 0.290 e. The lowest BCUT2D eigenvalue weighted by molar-refractivity contribution is -0.129. The van der Waals surface area contributed by atoms with Gasteiger partial charge in [0.05, 0.1) is 11.6 Å². The van der Waals surface area contributed by atoms with E-state index in [1.165, 1.54) is 12.8 Å². The Balaban J connectivity index is 1.63. The van der Waals surface area contributed by atoms with Gasteiger partial charge in [0.15, 0.2) is 11.5 Å². The first-order valence-electron chi connectivity index (χ1n) is 9.07. The first-order chi connectivity index (χ1) is 12.2. The van der Waals surface area contributed by atoms with Crippen LogP contribution in [0, 0.1) is 5.92 Å². The molecule has 3 heterocycles. The summed E-state index contributed by atoms with van der Waals surface area (Å²) in [4.78, 5) is 33.5. The fourth-order valence-corrected chi connectivity index (χ4v) is 3.84. The van der Waals surface area contributed by atoms with Crippen molar-refractivity contribution < 1.29 is 14.7 Å². The minimum Gasteiger partial charge on any atom is -0.503 e. The van der Waals surface area contributed by atoms with Crippen molar-refractivity contribution in [1.82, 2.24) is 14.8 Å². The molecule has 0 radical (unpaired) electrons. The standard InChI is InChI=1S/C19H23N3O3/c23-17(13-5-6-13)15-16(14-4-3-7-20-12-14)22(19(25)18(15)24)11-10-21-8-1-2-9-21/h3-4,7,12-13,16,24H,1-2,5-6,8-11H2. The predicted molar refractivity (Wildman–Crippen MR) is 91.8 cm³/mol. The molecule has 0 spiro atoms. The van der Waals surface area contributed by atoms with Crippen molar-refractivity contribution in [1.29, 1.82) is 0 Å². The summed E-state index contributed by atoms with van der Waals surface area (Å²) in [7, 11) is 0. The number of pyridine rings is 1. The second-order valence-electron chi connectivity index (χ2n) is 7.14. The van der Waals surface area contributed by atoms with Crippen molar-refractivity contribution in [3.05, 3.63) is 41.4 Å². The fourth-order valence-electron chi connectivity index (χ4n) is 3.84. The highest BCUT2D eigenvalue weighted by atomic mass is 16.3. The third kappa shape index (κ3) is 3.06. The van der Waals surface area contributed by atoms with Gasteiger partial charge in [-0.05, 0) is 50.4 Å². The van der Waals surface area contributed by atoms with Gasteiger partial charge in [0.25, 0.3) is 5.91 Å². The number of carbonyl (C=O) groups excluding carboxylic acids is 2. The minimum absolute atomic E-state index is 0.0392. The third-order valence-corrected chi connectivity index (χ3v) is 5.37. The monoisotopic (exact) mass is 341 g/mol. The van der Waals surface area contributed by atoms with Crippen molar-refractivity contribution >= 4 is 11.7 Å². The van der Waals surface area contributed by atoms with Gasteiger partial charge < -0.3 is 14.9 Å². The molecule has 1 saturated heterocycles. The number of ketones is 1. The summed E-state index contributed by atoms with van der Waals surface area (Å²) in [5.74, 6) is -0.921. The van der Waals surface area contributed by atoms with E-state index in [4.69, 9.17) is 0 Å². The van der Waals surface area contributed by atoms with Crippen LogP contribution in [0.3, 0.4) is 0 Å². The van der Waals surface area contributed by atoms with Gasteiger partial charge in [-0.3, -0.25) is 14.6 Å². The molecule has 3 aliphatic rings. The summed E-state index contributed by atoms with van der Waals surface area (Å²) in [6.45, 7) is 3.37. The van der Waals surface area contributed by atoms with Crippen LogP contribution in [0.15, 0.2) is 35.9 Å². The number of carbonyl (C=O) groups is 2. The topological polar surface area (TPSA) is 73.7 Å². The normalized spacial score (nSPS) is 24.4. The van der Waals surface area contributed by atoms with Crippen LogP contribution in [0.25, 0.3) is 0 Å². The van der Waals surface area contributed by atoms with Crippen LogP contribution < -0.4 is 0 Å². The lowest BCUT2D eigenvalue weighted by Crippen LogP contribution is -2.38. The number of aliphatic hydroxyl groups excluding tert-OH is 1. The third-order valence-electron chi connectivity index (χ3n) is 5.37. The summed E-state index contributed by atoms with van der Waals surface area (Å²) >= 11 is 0. The van der Waals surface area contributed by atoms with E-state index in [0.29, 0.717) is 6.54 Å². The van der Waals surface area contributed by atoms with Crippen molar-refractivity contribution in [2.75, 3.05) is 26.2 Å². The van der Waals surface area contributed by atoms with E-state index in [1.54, 1.807) is 23.4 Å². The molecule has 132 valence electrons. The van der Waals surface area contributed by atoms with E-state index >= 15 is 0 Å². The van der Waals surface area contributed by atoms with Gasteiger partial charge in [0, 0.05) is 31.4 Å². The number of aliphatic hydroxyl groups is 1. The van der Waals surface area contributed by atoms with Gasteiger partial charge in [-0.2, -0.15) is 0 Å². The van der Waals surface area contributed by atoms with Gasteiger partial charge in [0.1, 0.15) is 0 Å². The van der Waals surface area contributed by atoms with E-state index in [9.17, 15) is 14.7 Å². The van der Waals surface area contributed by atoms with E-state index in [-0.39, 0.29) is 23.0 Å². The Morgan fingerprint density at radius 2 is 2.00 bits per heavy atom. The van der Waals surface area contributed by atoms with Gasteiger partial charge in [0.2, 0.25) is 0 Å². The average Bonchev–Trinajstić information content (AvgIpc) is 3.30. The lowest BCUT2D eigenvalue weighted by Gasteiger charge is -2.28. The van der Waals surface area contributed by atoms with E-state index in [2.05, 4.69) is 9.88 Å². The number of nitrogens with zero attached hydrogens (tertiary/aromatic N) is 3. The van der Waals surface area contributed by atoms with Crippen LogP contribution in [0.4, 0.5) is 0 Å². The zero-order chi connectivity index (χ0) is 17.4. The number of Topliss-reactive ketones (excluding diaryl/α,β-unsaturated/α-hetero) is 1. The molecular weight excluding hydrogens is 318 g/mol. The van der Waals surface area contributed by atoms with Crippen molar-refractivity contribution in [3.8, 4) is 0 Å². The largest absolute Gasteiger partial charge is 0.503 e. The van der Waals surface area contributed by atoms with Gasteiger partial charge in [-0.25, -0.2) is 0 Å². The van der Waals surface area contributed by atoms with Crippen molar-refractivity contribution in [2.24, 2.45) is 5.92 Å². The second-order valence-corrected chi connectivity index (χ2v) is 7.14. The fraction of sp³-hybridized carbons (Fsp3) is 0.526. The van der Waals surface area contributed by atoms with Crippen molar-refractivity contribution in [3.63, 3.8) is 0 Å². The second kappa shape index (κ2) is 6.59. The highest BCUT2D eigenvalue weighted by molar-refractivity contribution is 6.10. The molecule has 1 unspecified atom stereocenters. The number of hydrogen-bond donors (Lipinski definition) is 1. The van der Waals surface area contributed by atoms with E-state index in [0.717, 1.165) is 38.0 Å². The Labute approximate surface area is 147 Å². The molecule has 1 aromatic heterocycles. The number of aromatic nitrogens is 1. The van der Waals surface area contributed by atoms with Crippen LogP contribution in [0.5, 0.6) is 0 Å². The Kier molecular flexibility index (Phi) is 4.29. The molecule has 6 nitrogen and oxygen atoms in total. The van der Waals surface area contributed by atoms with Gasteiger partial charge in [-0.15, -0.1) is 0 Å². The smallest absolute Gasteiger partial charge is 0.290 e. The van der Waals surface area contributed by atoms with Crippen molar-refractivity contribution in [2.45, 2.75) is 31.7 Å². The molecule has 25 heavy (non-hydrogen) atoms. The van der Waals surface area contributed by atoms with Crippen LogP contribution in [-0.4, -0.2) is 57.8 Å². The Hall–Kier alpha value is -2.21. The van der Waals surface area contributed by atoms with Crippen LogP contribution in [0.2, 0.25) is 0 Å². The molecule has 1 N–H and O–H groups in total. The Bertz CT molecular complexity index is 706. The number of hydrogen-bond acceptors (Lipinski definition) is 5. The zero-order valence-corrected chi connectivity index (χ0v) is 14.2. The Morgan fingerprint density at radius 1 is 1.24 bits per heavy atom. The summed E-state index contributed by atoms with van der Waals surface area (Å²) in [6, 6.07) is 3.15. The zero-order valence-electron chi connectivity index (χ0n) is 14.2. The molecule has 4 rings (SSSR count). The first kappa shape index (κ1) is 16.3.